The van der Waals surface area contributed by atoms with Crippen molar-refractivity contribution in [1.82, 2.24) is 4.98 Å². The third kappa shape index (κ3) is 1.46. The van der Waals surface area contributed by atoms with E-state index in [0.717, 1.165) is 15.8 Å². The number of hydrogen-bond donors (Lipinski definition) is 2. The Balaban J connectivity index is 2.70. The molecule has 1 aromatic heterocycles. The number of rotatable bonds is 1. The minimum absolute atomic E-state index is 0.522. The van der Waals surface area contributed by atoms with Crippen molar-refractivity contribution in [3.63, 3.8) is 0 Å². The molecule has 0 unspecified atom stereocenters. The topological polar surface area (TPSA) is 53.4 Å². The molecule has 0 aliphatic rings. The van der Waals surface area contributed by atoms with Gasteiger partial charge in [0.25, 0.3) is 0 Å². The molecule has 0 radical (unpaired) electrons. The van der Waals surface area contributed by atoms with Crippen molar-refractivity contribution in [2.24, 2.45) is 0 Å². The third-order valence-corrected chi connectivity index (χ3v) is 2.72. The minimum Gasteiger partial charge on any atom is -0.423 e. The van der Waals surface area contributed by atoms with E-state index in [-0.39, 0.29) is 0 Å². The number of aryl methyl sites for hydroxylation is 1. The Morgan fingerprint density at radius 2 is 2.15 bits per heavy atom. The number of thiazole rings is 1. The Hall–Kier alpha value is -0.905. The van der Waals surface area contributed by atoms with Crippen LogP contribution in [0.15, 0.2) is 17.6 Å². The molecule has 0 amide bonds. The summed E-state index contributed by atoms with van der Waals surface area (Å²) in [4.78, 5) is 4.17. The lowest BCUT2D eigenvalue weighted by molar-refractivity contribution is 0.426. The summed E-state index contributed by atoms with van der Waals surface area (Å²) in [7, 11) is -1.40. The molecule has 0 saturated carbocycles. The van der Waals surface area contributed by atoms with Gasteiger partial charge in [-0.2, -0.15) is 0 Å². The second-order valence-electron chi connectivity index (χ2n) is 2.91. The van der Waals surface area contributed by atoms with Gasteiger partial charge in [-0.15, -0.1) is 11.3 Å². The first-order valence-electron chi connectivity index (χ1n) is 3.88. The summed E-state index contributed by atoms with van der Waals surface area (Å²) in [6, 6.07) is 3.50. The normalized spacial score (nSPS) is 10.7. The van der Waals surface area contributed by atoms with Crippen LogP contribution in [-0.2, 0) is 0 Å². The maximum Gasteiger partial charge on any atom is 0.488 e. The maximum absolute atomic E-state index is 8.98. The molecule has 0 fully saturated rings. The summed E-state index contributed by atoms with van der Waals surface area (Å²) in [5.74, 6) is 0. The summed E-state index contributed by atoms with van der Waals surface area (Å²) in [6.07, 6.45) is 0. The molecule has 13 heavy (non-hydrogen) atoms. The van der Waals surface area contributed by atoms with E-state index in [0.29, 0.717) is 5.46 Å². The number of hydrogen-bond acceptors (Lipinski definition) is 4. The fraction of sp³-hybridized carbons (Fsp3) is 0.125. The largest absolute Gasteiger partial charge is 0.488 e. The van der Waals surface area contributed by atoms with Gasteiger partial charge in [-0.25, -0.2) is 4.98 Å². The van der Waals surface area contributed by atoms with Crippen LogP contribution in [0.5, 0.6) is 0 Å². The van der Waals surface area contributed by atoms with Gasteiger partial charge in [-0.3, -0.25) is 0 Å². The first kappa shape index (κ1) is 8.68. The first-order valence-corrected chi connectivity index (χ1v) is 4.76. The zero-order valence-corrected chi connectivity index (χ0v) is 7.88. The highest BCUT2D eigenvalue weighted by Crippen LogP contribution is 2.19. The Morgan fingerprint density at radius 3 is 2.85 bits per heavy atom. The van der Waals surface area contributed by atoms with E-state index >= 15 is 0 Å². The van der Waals surface area contributed by atoms with Gasteiger partial charge in [-0.05, 0) is 24.0 Å². The lowest BCUT2D eigenvalue weighted by Crippen LogP contribution is -2.29. The molecule has 1 aromatic carbocycles. The van der Waals surface area contributed by atoms with E-state index in [1.54, 1.807) is 17.6 Å². The van der Waals surface area contributed by atoms with Crippen LogP contribution in [0.1, 0.15) is 5.56 Å². The number of nitrogens with zero attached hydrogens (tertiary/aromatic N) is 1. The summed E-state index contributed by atoms with van der Waals surface area (Å²) < 4.78 is 0.989. The highest BCUT2D eigenvalue weighted by atomic mass is 32.1. The Bertz CT molecular complexity index is 441. The number of fused-ring (bicyclic) bond motifs is 1. The van der Waals surface area contributed by atoms with Gasteiger partial charge in [0.1, 0.15) is 0 Å². The van der Waals surface area contributed by atoms with Crippen LogP contribution >= 0.6 is 11.3 Å². The summed E-state index contributed by atoms with van der Waals surface area (Å²) >= 11 is 1.50. The van der Waals surface area contributed by atoms with Gasteiger partial charge in [-0.1, -0.05) is 6.07 Å². The molecule has 0 aliphatic heterocycles. The van der Waals surface area contributed by atoms with Crippen molar-refractivity contribution in [1.29, 1.82) is 0 Å². The monoisotopic (exact) mass is 193 g/mol. The predicted molar refractivity (Wildman–Crippen MR) is 54.2 cm³/mol. The van der Waals surface area contributed by atoms with E-state index in [2.05, 4.69) is 4.98 Å². The predicted octanol–water partition coefficient (Wildman–Crippen LogP) is 0.285. The first-order chi connectivity index (χ1) is 6.18. The SMILES string of the molecule is Cc1cc(B(O)O)cc2scnc12. The van der Waals surface area contributed by atoms with Crippen molar-refractivity contribution in [3.8, 4) is 0 Å². The highest BCUT2D eigenvalue weighted by molar-refractivity contribution is 7.16. The second-order valence-corrected chi connectivity index (χ2v) is 3.80. The summed E-state index contributed by atoms with van der Waals surface area (Å²) in [5, 5.41) is 18.0. The Kier molecular flexibility index (Phi) is 2.07. The molecule has 5 heteroatoms. The molecule has 3 nitrogen and oxygen atoms in total. The molecule has 66 valence electrons. The van der Waals surface area contributed by atoms with Gasteiger partial charge < -0.3 is 10.0 Å². The zero-order valence-electron chi connectivity index (χ0n) is 7.06. The van der Waals surface area contributed by atoms with E-state index in [9.17, 15) is 0 Å². The van der Waals surface area contributed by atoms with E-state index < -0.39 is 7.12 Å². The molecule has 0 atom stereocenters. The number of aromatic nitrogens is 1. The number of benzene rings is 1. The van der Waals surface area contributed by atoms with Crippen LogP contribution in [0.4, 0.5) is 0 Å². The van der Waals surface area contributed by atoms with Crippen molar-refractivity contribution < 1.29 is 10.0 Å². The van der Waals surface area contributed by atoms with Gasteiger partial charge in [0.2, 0.25) is 0 Å². The van der Waals surface area contributed by atoms with Gasteiger partial charge in [0.05, 0.1) is 15.7 Å². The van der Waals surface area contributed by atoms with Crippen LogP contribution < -0.4 is 5.46 Å². The summed E-state index contributed by atoms with van der Waals surface area (Å²) in [6.45, 7) is 1.91. The van der Waals surface area contributed by atoms with Gasteiger partial charge in [0, 0.05) is 0 Å². The van der Waals surface area contributed by atoms with E-state index in [4.69, 9.17) is 10.0 Å². The fourth-order valence-electron chi connectivity index (χ4n) is 1.31. The molecule has 0 spiro atoms. The maximum atomic E-state index is 8.98. The fourth-order valence-corrected chi connectivity index (χ4v) is 2.12. The van der Waals surface area contributed by atoms with Crippen molar-refractivity contribution in [3.05, 3.63) is 23.2 Å². The average Bonchev–Trinajstić information content (AvgIpc) is 2.51. The smallest absolute Gasteiger partial charge is 0.423 e. The van der Waals surface area contributed by atoms with Crippen molar-refractivity contribution in [2.75, 3.05) is 0 Å². The van der Waals surface area contributed by atoms with E-state index in [1.807, 2.05) is 6.92 Å². The molecule has 2 N–H and O–H groups in total. The zero-order chi connectivity index (χ0) is 9.42. The van der Waals surface area contributed by atoms with Gasteiger partial charge >= 0.3 is 7.12 Å². The molecule has 0 bridgehead atoms. The summed E-state index contributed by atoms with van der Waals surface area (Å²) in [5.41, 5.74) is 4.19. The molecule has 0 saturated heterocycles. The molecule has 2 aromatic rings. The van der Waals surface area contributed by atoms with Crippen molar-refractivity contribution in [2.45, 2.75) is 6.92 Å². The van der Waals surface area contributed by atoms with Crippen LogP contribution in [0.25, 0.3) is 10.2 Å². The van der Waals surface area contributed by atoms with Gasteiger partial charge in [0.15, 0.2) is 0 Å². The Labute approximate surface area is 79.8 Å². The standard InChI is InChI=1S/C8H8BNO2S/c1-5-2-6(9(11)12)3-7-8(5)10-4-13-7/h2-4,11-12H,1H3. The van der Waals surface area contributed by atoms with Crippen LogP contribution in [0.2, 0.25) is 0 Å². The highest BCUT2D eigenvalue weighted by Gasteiger charge is 2.13. The van der Waals surface area contributed by atoms with E-state index in [1.165, 1.54) is 11.3 Å². The average molecular weight is 193 g/mol. The minimum atomic E-state index is -1.40. The Morgan fingerprint density at radius 1 is 1.38 bits per heavy atom. The quantitative estimate of drug-likeness (QED) is 0.639. The third-order valence-electron chi connectivity index (χ3n) is 1.95. The molecular formula is C8H8BNO2S. The molecule has 1 heterocycles. The lowest BCUT2D eigenvalue weighted by atomic mass is 9.79. The van der Waals surface area contributed by atoms with Crippen LogP contribution in [-0.4, -0.2) is 22.2 Å². The van der Waals surface area contributed by atoms with Crippen LogP contribution in [0.3, 0.4) is 0 Å². The van der Waals surface area contributed by atoms with Crippen LogP contribution in [0, 0.1) is 6.92 Å². The molecule has 0 aliphatic carbocycles. The molecular weight excluding hydrogens is 185 g/mol. The second kappa shape index (κ2) is 3.10. The van der Waals surface area contributed by atoms with Crippen molar-refractivity contribution >= 4 is 34.1 Å². The lowest BCUT2D eigenvalue weighted by Gasteiger charge is -2.01. The molecule has 2 rings (SSSR count).